The molecule has 0 spiro atoms. The molecule has 0 fully saturated rings. The first-order valence-corrected chi connectivity index (χ1v) is 9.98. The van der Waals surface area contributed by atoms with Crippen LogP contribution in [0.2, 0.25) is 0 Å². The zero-order valence-electron chi connectivity index (χ0n) is 15.7. The number of thiophene rings is 1. The predicted molar refractivity (Wildman–Crippen MR) is 108 cm³/mol. The van der Waals surface area contributed by atoms with Crippen molar-refractivity contribution in [3.63, 3.8) is 0 Å². The molecule has 2 aromatic rings. The van der Waals surface area contributed by atoms with Gasteiger partial charge in [0.2, 0.25) is 0 Å². The Morgan fingerprint density at radius 3 is 2.74 bits per heavy atom. The highest BCUT2D eigenvalue weighted by molar-refractivity contribution is 7.16. The highest BCUT2D eigenvalue weighted by Crippen LogP contribution is 2.36. The molecule has 6 heteroatoms. The van der Waals surface area contributed by atoms with E-state index in [0.717, 1.165) is 36.8 Å². The third-order valence-electron chi connectivity index (χ3n) is 4.65. The van der Waals surface area contributed by atoms with Crippen molar-refractivity contribution in [2.45, 2.75) is 46.0 Å². The van der Waals surface area contributed by atoms with Gasteiger partial charge in [0.15, 0.2) is 6.61 Å². The number of benzene rings is 1. The summed E-state index contributed by atoms with van der Waals surface area (Å²) in [4.78, 5) is 18.7. The highest BCUT2D eigenvalue weighted by atomic mass is 32.1. The van der Waals surface area contributed by atoms with Crippen LogP contribution in [-0.4, -0.2) is 18.2 Å². The number of nitrogens with zero attached hydrogens (tertiary/aromatic N) is 2. The third kappa shape index (κ3) is 4.75. The van der Waals surface area contributed by atoms with Crippen molar-refractivity contribution < 1.29 is 9.63 Å². The summed E-state index contributed by atoms with van der Waals surface area (Å²) in [5, 5.41) is 17.0. The van der Waals surface area contributed by atoms with Crippen molar-refractivity contribution in [3.8, 4) is 6.07 Å². The lowest BCUT2D eigenvalue weighted by Crippen LogP contribution is -2.17. The van der Waals surface area contributed by atoms with E-state index in [2.05, 4.69) is 16.5 Å². The van der Waals surface area contributed by atoms with Gasteiger partial charge >= 0.3 is 0 Å². The van der Waals surface area contributed by atoms with E-state index in [-0.39, 0.29) is 12.5 Å². The standard InChI is InChI=1S/C21H23N3O2S/c1-14-8-10-16(11-9-14)15(2)24-26-13-20(25)23-21-18(12-22)17-6-4-3-5-7-19(17)27-21/h8-11H,3-7,13H2,1-2H3,(H,23,25)/b24-15+. The van der Waals surface area contributed by atoms with E-state index in [0.29, 0.717) is 16.3 Å². The number of nitriles is 1. The van der Waals surface area contributed by atoms with Crippen LogP contribution in [-0.2, 0) is 22.5 Å². The molecule has 1 aliphatic rings. The smallest absolute Gasteiger partial charge is 0.265 e. The number of aryl methyl sites for hydroxylation is 2. The average Bonchev–Trinajstić information content (AvgIpc) is 2.81. The number of oxime groups is 1. The molecule has 0 bridgehead atoms. The van der Waals surface area contributed by atoms with Crippen LogP contribution < -0.4 is 5.32 Å². The lowest BCUT2D eigenvalue weighted by Gasteiger charge is -2.05. The molecule has 0 unspecified atom stereocenters. The topological polar surface area (TPSA) is 74.5 Å². The van der Waals surface area contributed by atoms with Gasteiger partial charge in [-0.25, -0.2) is 0 Å². The maximum atomic E-state index is 12.2. The number of carbonyl (C=O) groups is 1. The maximum absolute atomic E-state index is 12.2. The van der Waals surface area contributed by atoms with Gasteiger partial charge in [-0.1, -0.05) is 41.4 Å². The Morgan fingerprint density at radius 1 is 1.26 bits per heavy atom. The van der Waals surface area contributed by atoms with Gasteiger partial charge in [-0.05, 0) is 50.7 Å². The second kappa shape index (κ2) is 8.83. The van der Waals surface area contributed by atoms with Gasteiger partial charge < -0.3 is 10.2 Å². The van der Waals surface area contributed by atoms with Crippen molar-refractivity contribution in [1.82, 2.24) is 0 Å². The normalized spacial score (nSPS) is 14.0. The second-order valence-electron chi connectivity index (χ2n) is 6.74. The molecule has 3 rings (SSSR count). The molecular weight excluding hydrogens is 358 g/mol. The number of anilines is 1. The third-order valence-corrected chi connectivity index (χ3v) is 5.86. The van der Waals surface area contributed by atoms with Crippen LogP contribution in [0.4, 0.5) is 5.00 Å². The Labute approximate surface area is 163 Å². The molecule has 0 aliphatic heterocycles. The number of carbonyl (C=O) groups excluding carboxylic acids is 1. The molecule has 0 atom stereocenters. The van der Waals surface area contributed by atoms with Gasteiger partial charge in [-0.15, -0.1) is 11.3 Å². The molecule has 1 aliphatic carbocycles. The fraction of sp³-hybridized carbons (Fsp3) is 0.381. The molecule has 27 heavy (non-hydrogen) atoms. The van der Waals surface area contributed by atoms with Crippen LogP contribution in [0.1, 0.15) is 53.3 Å². The molecule has 140 valence electrons. The Kier molecular flexibility index (Phi) is 6.25. The molecule has 1 aromatic carbocycles. The zero-order chi connectivity index (χ0) is 19.2. The summed E-state index contributed by atoms with van der Waals surface area (Å²) in [6.07, 6.45) is 5.34. The Morgan fingerprint density at radius 2 is 2.00 bits per heavy atom. The minimum atomic E-state index is -0.302. The predicted octanol–water partition coefficient (Wildman–Crippen LogP) is 4.58. The maximum Gasteiger partial charge on any atom is 0.265 e. The average molecular weight is 382 g/mol. The summed E-state index contributed by atoms with van der Waals surface area (Å²) < 4.78 is 0. The van der Waals surface area contributed by atoms with E-state index < -0.39 is 0 Å². The Hall–Kier alpha value is -2.65. The summed E-state index contributed by atoms with van der Waals surface area (Å²) in [7, 11) is 0. The number of nitrogens with one attached hydrogen (secondary N) is 1. The minimum absolute atomic E-state index is 0.184. The summed E-state index contributed by atoms with van der Waals surface area (Å²) >= 11 is 1.52. The van der Waals surface area contributed by atoms with Gasteiger partial charge in [0, 0.05) is 4.88 Å². The van der Waals surface area contributed by atoms with E-state index in [1.807, 2.05) is 38.1 Å². The molecular formula is C21H23N3O2S. The number of amides is 1. The van der Waals surface area contributed by atoms with Crippen molar-refractivity contribution in [3.05, 3.63) is 51.4 Å². The first-order valence-electron chi connectivity index (χ1n) is 9.16. The first kappa shape index (κ1) is 19.1. The van der Waals surface area contributed by atoms with E-state index in [9.17, 15) is 10.1 Å². The molecule has 1 amide bonds. The summed E-state index contributed by atoms with van der Waals surface area (Å²) in [6, 6.07) is 10.2. The molecule has 1 heterocycles. The van der Waals surface area contributed by atoms with Gasteiger partial charge in [-0.3, -0.25) is 4.79 Å². The van der Waals surface area contributed by atoms with E-state index in [1.54, 1.807) is 0 Å². The van der Waals surface area contributed by atoms with Crippen molar-refractivity contribution in [1.29, 1.82) is 5.26 Å². The van der Waals surface area contributed by atoms with Crippen LogP contribution >= 0.6 is 11.3 Å². The van der Waals surface area contributed by atoms with Crippen LogP contribution in [0.25, 0.3) is 0 Å². The Balaban J connectivity index is 1.60. The van der Waals surface area contributed by atoms with Crippen molar-refractivity contribution >= 4 is 28.0 Å². The van der Waals surface area contributed by atoms with Gasteiger partial charge in [0.25, 0.3) is 5.91 Å². The van der Waals surface area contributed by atoms with Gasteiger partial charge in [0.1, 0.15) is 11.1 Å². The summed E-state index contributed by atoms with van der Waals surface area (Å²) in [5.41, 5.74) is 4.57. The number of rotatable bonds is 5. The lowest BCUT2D eigenvalue weighted by molar-refractivity contribution is -0.120. The van der Waals surface area contributed by atoms with Crippen LogP contribution in [0.15, 0.2) is 29.4 Å². The molecule has 0 saturated carbocycles. The van der Waals surface area contributed by atoms with Crippen LogP contribution in [0, 0.1) is 18.3 Å². The quantitative estimate of drug-likeness (QED) is 0.468. The minimum Gasteiger partial charge on any atom is -0.385 e. The van der Waals surface area contributed by atoms with E-state index in [4.69, 9.17) is 4.84 Å². The Bertz CT molecular complexity index is 891. The first-order chi connectivity index (χ1) is 13.1. The molecule has 1 aromatic heterocycles. The number of fused-ring (bicyclic) bond motifs is 1. The number of hydrogen-bond acceptors (Lipinski definition) is 5. The SMILES string of the molecule is C/C(=N\OCC(=O)Nc1sc2c(c1C#N)CCCCC2)c1ccc(C)cc1. The van der Waals surface area contributed by atoms with Crippen molar-refractivity contribution in [2.75, 3.05) is 11.9 Å². The molecule has 5 nitrogen and oxygen atoms in total. The monoisotopic (exact) mass is 381 g/mol. The lowest BCUT2D eigenvalue weighted by atomic mass is 10.1. The molecule has 0 radical (unpaired) electrons. The number of hydrogen-bond donors (Lipinski definition) is 1. The zero-order valence-corrected chi connectivity index (χ0v) is 16.5. The highest BCUT2D eigenvalue weighted by Gasteiger charge is 2.21. The van der Waals surface area contributed by atoms with Crippen molar-refractivity contribution in [2.24, 2.45) is 5.16 Å². The van der Waals surface area contributed by atoms with Crippen LogP contribution in [0.5, 0.6) is 0 Å². The fourth-order valence-electron chi connectivity index (χ4n) is 3.15. The fourth-order valence-corrected chi connectivity index (χ4v) is 4.40. The van der Waals surface area contributed by atoms with Crippen LogP contribution in [0.3, 0.4) is 0 Å². The van der Waals surface area contributed by atoms with E-state index in [1.165, 1.54) is 28.2 Å². The summed E-state index contributed by atoms with van der Waals surface area (Å²) in [6.45, 7) is 3.68. The largest absolute Gasteiger partial charge is 0.385 e. The molecule has 0 saturated heterocycles. The second-order valence-corrected chi connectivity index (χ2v) is 7.85. The van der Waals surface area contributed by atoms with Gasteiger partial charge in [0.05, 0.1) is 11.3 Å². The molecule has 1 N–H and O–H groups in total. The van der Waals surface area contributed by atoms with E-state index >= 15 is 0 Å². The van der Waals surface area contributed by atoms with Gasteiger partial charge in [-0.2, -0.15) is 5.26 Å². The summed E-state index contributed by atoms with van der Waals surface area (Å²) in [5.74, 6) is -0.302.